The molecule has 3 rings (SSSR count). The minimum atomic E-state index is -0.0783. The van der Waals surface area contributed by atoms with Crippen molar-refractivity contribution in [3.63, 3.8) is 0 Å². The molecule has 2 heterocycles. The van der Waals surface area contributed by atoms with E-state index in [0.717, 1.165) is 19.5 Å². The van der Waals surface area contributed by atoms with Gasteiger partial charge in [0.2, 0.25) is 0 Å². The lowest BCUT2D eigenvalue weighted by molar-refractivity contribution is 0.0196. The molecule has 20 heavy (non-hydrogen) atoms. The highest BCUT2D eigenvalue weighted by molar-refractivity contribution is 5.02. The first kappa shape index (κ1) is 14.1. The highest BCUT2D eigenvalue weighted by Gasteiger charge is 2.36. The maximum absolute atomic E-state index is 10.3. The van der Waals surface area contributed by atoms with E-state index in [1.807, 2.05) is 6.20 Å². The predicted octanol–water partition coefficient (Wildman–Crippen LogP) is 2.42. The summed E-state index contributed by atoms with van der Waals surface area (Å²) < 4.78 is 2.09. The van der Waals surface area contributed by atoms with Crippen molar-refractivity contribution in [2.24, 2.45) is 5.92 Å². The van der Waals surface area contributed by atoms with E-state index >= 15 is 0 Å². The number of aliphatic hydroxyl groups is 1. The highest BCUT2D eigenvalue weighted by atomic mass is 16.3. The van der Waals surface area contributed by atoms with Gasteiger partial charge in [-0.25, -0.2) is 0 Å². The van der Waals surface area contributed by atoms with E-state index in [1.165, 1.54) is 44.3 Å². The number of nitrogens with zero attached hydrogens (tertiary/aromatic N) is 3. The molecule has 1 saturated heterocycles. The summed E-state index contributed by atoms with van der Waals surface area (Å²) in [6.07, 6.45) is 9.05. The van der Waals surface area contributed by atoms with E-state index < -0.39 is 0 Å². The van der Waals surface area contributed by atoms with Crippen molar-refractivity contribution < 1.29 is 5.11 Å². The maximum Gasteiger partial charge on any atom is 0.0583 e. The van der Waals surface area contributed by atoms with Gasteiger partial charge in [0, 0.05) is 31.2 Å². The van der Waals surface area contributed by atoms with Crippen LogP contribution in [-0.4, -0.2) is 38.5 Å². The van der Waals surface area contributed by atoms with Crippen molar-refractivity contribution in [1.29, 1.82) is 0 Å². The molecular formula is C16H27N3O. The molecule has 2 aliphatic rings. The van der Waals surface area contributed by atoms with Gasteiger partial charge >= 0.3 is 0 Å². The lowest BCUT2D eigenvalue weighted by Gasteiger charge is -2.37. The van der Waals surface area contributed by atoms with Crippen LogP contribution in [0.3, 0.4) is 0 Å². The van der Waals surface area contributed by atoms with Crippen molar-refractivity contribution in [3.8, 4) is 0 Å². The number of likely N-dealkylation sites (tertiary alicyclic amines) is 1. The van der Waals surface area contributed by atoms with Crippen molar-refractivity contribution in [3.05, 3.63) is 18.0 Å². The van der Waals surface area contributed by atoms with Gasteiger partial charge in [-0.15, -0.1) is 0 Å². The van der Waals surface area contributed by atoms with Gasteiger partial charge in [0.1, 0.15) is 0 Å². The largest absolute Gasteiger partial charge is 0.393 e. The van der Waals surface area contributed by atoms with Gasteiger partial charge in [-0.2, -0.15) is 5.10 Å². The molecule has 0 bridgehead atoms. The molecule has 3 unspecified atom stereocenters. The minimum Gasteiger partial charge on any atom is -0.393 e. The molecule has 0 aromatic carbocycles. The molecule has 0 radical (unpaired) electrons. The molecule has 4 heteroatoms. The summed E-state index contributed by atoms with van der Waals surface area (Å²) in [7, 11) is 0. The van der Waals surface area contributed by atoms with E-state index in [1.54, 1.807) is 0 Å². The van der Waals surface area contributed by atoms with E-state index in [4.69, 9.17) is 0 Å². The van der Waals surface area contributed by atoms with E-state index in [0.29, 0.717) is 12.0 Å². The summed E-state index contributed by atoms with van der Waals surface area (Å²) in [5.74, 6) is 0.490. The van der Waals surface area contributed by atoms with E-state index in [2.05, 4.69) is 27.7 Å². The third kappa shape index (κ3) is 2.77. The lowest BCUT2D eigenvalue weighted by atomic mass is 9.80. The summed E-state index contributed by atoms with van der Waals surface area (Å²) in [5, 5.41) is 14.7. The van der Waals surface area contributed by atoms with Crippen molar-refractivity contribution in [1.82, 2.24) is 14.7 Å². The Balaban J connectivity index is 1.69. The van der Waals surface area contributed by atoms with Gasteiger partial charge < -0.3 is 5.11 Å². The summed E-state index contributed by atoms with van der Waals surface area (Å²) in [6, 6.07) is 2.71. The SMILES string of the molecule is CCn1nccc1CN1CCCC1C1CCCCC1O. The standard InChI is InChI=1S/C16H27N3O/c1-2-19-13(9-10-17-19)12-18-11-5-7-15(18)14-6-3-4-8-16(14)20/h9-10,14-16,20H,2-8,11-12H2,1H3. The zero-order valence-corrected chi connectivity index (χ0v) is 12.5. The van der Waals surface area contributed by atoms with Gasteiger partial charge in [-0.05, 0) is 45.2 Å². The van der Waals surface area contributed by atoms with Crippen LogP contribution in [0.15, 0.2) is 12.3 Å². The van der Waals surface area contributed by atoms with Crippen LogP contribution >= 0.6 is 0 Å². The molecule has 112 valence electrons. The zero-order chi connectivity index (χ0) is 13.9. The third-order valence-electron chi connectivity index (χ3n) is 5.16. The molecule has 1 aromatic heterocycles. The number of aliphatic hydroxyl groups excluding tert-OH is 1. The first-order valence-electron chi connectivity index (χ1n) is 8.22. The Labute approximate surface area is 121 Å². The Kier molecular flexibility index (Phi) is 4.41. The highest BCUT2D eigenvalue weighted by Crippen LogP contribution is 2.35. The first-order valence-corrected chi connectivity index (χ1v) is 8.22. The molecule has 1 aliphatic carbocycles. The molecule has 0 spiro atoms. The van der Waals surface area contributed by atoms with Crippen molar-refractivity contribution in [2.75, 3.05) is 6.54 Å². The van der Waals surface area contributed by atoms with Crippen LogP contribution in [0.2, 0.25) is 0 Å². The molecule has 1 saturated carbocycles. The quantitative estimate of drug-likeness (QED) is 0.919. The number of rotatable bonds is 4. The topological polar surface area (TPSA) is 41.3 Å². The number of aromatic nitrogens is 2. The molecule has 3 atom stereocenters. The van der Waals surface area contributed by atoms with Crippen LogP contribution < -0.4 is 0 Å². The smallest absolute Gasteiger partial charge is 0.0583 e. The summed E-state index contributed by atoms with van der Waals surface area (Å²) >= 11 is 0. The molecule has 1 aromatic rings. The number of hydrogen-bond acceptors (Lipinski definition) is 3. The maximum atomic E-state index is 10.3. The summed E-state index contributed by atoms with van der Waals surface area (Å²) in [5.41, 5.74) is 1.31. The zero-order valence-electron chi connectivity index (χ0n) is 12.5. The fourth-order valence-corrected chi connectivity index (χ4v) is 4.11. The van der Waals surface area contributed by atoms with Gasteiger partial charge in [0.05, 0.1) is 11.8 Å². The lowest BCUT2D eigenvalue weighted by Crippen LogP contribution is -2.42. The Bertz CT molecular complexity index is 431. The van der Waals surface area contributed by atoms with Crippen molar-refractivity contribution >= 4 is 0 Å². The van der Waals surface area contributed by atoms with Crippen LogP contribution in [0.1, 0.15) is 51.1 Å². The second kappa shape index (κ2) is 6.27. The first-order chi connectivity index (χ1) is 9.79. The fourth-order valence-electron chi connectivity index (χ4n) is 4.11. The molecule has 2 fully saturated rings. The average Bonchev–Trinajstić information content (AvgIpc) is 3.09. The Morgan fingerprint density at radius 3 is 2.90 bits per heavy atom. The number of aryl methyl sites for hydroxylation is 1. The normalized spacial score (nSPS) is 31.8. The Morgan fingerprint density at radius 2 is 2.10 bits per heavy atom. The van der Waals surface area contributed by atoms with Crippen LogP contribution in [0.25, 0.3) is 0 Å². The van der Waals surface area contributed by atoms with Gasteiger partial charge in [-0.3, -0.25) is 9.58 Å². The molecule has 1 N–H and O–H groups in total. The van der Waals surface area contributed by atoms with Crippen LogP contribution in [0, 0.1) is 5.92 Å². The number of hydrogen-bond donors (Lipinski definition) is 1. The van der Waals surface area contributed by atoms with Crippen LogP contribution in [-0.2, 0) is 13.1 Å². The van der Waals surface area contributed by atoms with Gasteiger partial charge in [0.25, 0.3) is 0 Å². The second-order valence-corrected chi connectivity index (χ2v) is 6.33. The molecule has 0 amide bonds. The van der Waals surface area contributed by atoms with E-state index in [-0.39, 0.29) is 6.10 Å². The Morgan fingerprint density at radius 1 is 1.25 bits per heavy atom. The monoisotopic (exact) mass is 277 g/mol. The summed E-state index contributed by atoms with van der Waals surface area (Å²) in [4.78, 5) is 2.59. The summed E-state index contributed by atoms with van der Waals surface area (Å²) in [6.45, 7) is 5.24. The minimum absolute atomic E-state index is 0.0783. The van der Waals surface area contributed by atoms with Gasteiger partial charge in [-0.1, -0.05) is 12.8 Å². The molecule has 1 aliphatic heterocycles. The van der Waals surface area contributed by atoms with Crippen molar-refractivity contribution in [2.45, 2.75) is 70.7 Å². The van der Waals surface area contributed by atoms with Gasteiger partial charge in [0.15, 0.2) is 0 Å². The van der Waals surface area contributed by atoms with Crippen LogP contribution in [0.4, 0.5) is 0 Å². The fraction of sp³-hybridized carbons (Fsp3) is 0.812. The third-order valence-corrected chi connectivity index (χ3v) is 5.16. The molecule has 4 nitrogen and oxygen atoms in total. The van der Waals surface area contributed by atoms with Crippen LogP contribution in [0.5, 0.6) is 0 Å². The Hall–Kier alpha value is -0.870. The second-order valence-electron chi connectivity index (χ2n) is 6.33. The molecular weight excluding hydrogens is 250 g/mol. The predicted molar refractivity (Wildman–Crippen MR) is 79.3 cm³/mol. The average molecular weight is 277 g/mol. The van der Waals surface area contributed by atoms with E-state index in [9.17, 15) is 5.11 Å².